The Morgan fingerprint density at radius 1 is 1.07 bits per heavy atom. The van der Waals surface area contributed by atoms with Crippen LogP contribution in [-0.2, 0) is 25.5 Å². The number of epoxide rings is 1. The molecule has 0 spiro atoms. The van der Waals surface area contributed by atoms with E-state index < -0.39 is 41.4 Å². The van der Waals surface area contributed by atoms with Crippen LogP contribution >= 0.6 is 0 Å². The number of nitrogens with one attached hydrogen (secondary N) is 2. The normalized spacial score (nSPS) is 20.3. The summed E-state index contributed by atoms with van der Waals surface area (Å²) in [5, 5.41) is 11.0. The fraction of sp³-hybridized carbons (Fsp3) is 0.469. The topological polar surface area (TPSA) is 158 Å². The Morgan fingerprint density at radius 2 is 1.74 bits per heavy atom. The summed E-state index contributed by atoms with van der Waals surface area (Å²) in [5.41, 5.74) is 6.24. The lowest BCUT2D eigenvalue weighted by atomic mass is 9.90. The highest BCUT2D eigenvalue weighted by molar-refractivity contribution is 5.99. The molecule has 3 aromatic rings. The van der Waals surface area contributed by atoms with Gasteiger partial charge in [-0.05, 0) is 56.0 Å². The van der Waals surface area contributed by atoms with Crippen molar-refractivity contribution in [1.29, 1.82) is 0 Å². The van der Waals surface area contributed by atoms with Crippen LogP contribution in [0.15, 0.2) is 48.7 Å². The Labute approximate surface area is 250 Å². The van der Waals surface area contributed by atoms with Crippen molar-refractivity contribution in [2.45, 2.75) is 76.1 Å². The molecule has 2 fully saturated rings. The van der Waals surface area contributed by atoms with Gasteiger partial charge in [0.1, 0.15) is 23.4 Å². The predicted octanol–water partition coefficient (Wildman–Crippen LogP) is 2.86. The van der Waals surface area contributed by atoms with Gasteiger partial charge < -0.3 is 25.8 Å². The van der Waals surface area contributed by atoms with E-state index in [2.05, 4.69) is 15.7 Å². The quantitative estimate of drug-likeness (QED) is 0.259. The average Bonchev–Trinajstić information content (AvgIpc) is 3.35. The summed E-state index contributed by atoms with van der Waals surface area (Å²) >= 11 is 0. The fourth-order valence-electron chi connectivity index (χ4n) is 5.81. The van der Waals surface area contributed by atoms with Gasteiger partial charge >= 0.3 is 0 Å². The molecule has 1 saturated heterocycles. The molecule has 1 aromatic heterocycles. The summed E-state index contributed by atoms with van der Waals surface area (Å²) in [6.07, 6.45) is 6.62. The van der Waals surface area contributed by atoms with Crippen LogP contribution in [0.1, 0.15) is 67.9 Å². The summed E-state index contributed by atoms with van der Waals surface area (Å²) in [4.78, 5) is 52.7. The molecule has 11 heteroatoms. The molecule has 2 heterocycles. The number of fused-ring (bicyclic) bond motifs is 1. The number of benzene rings is 2. The van der Waals surface area contributed by atoms with E-state index in [9.17, 15) is 19.2 Å². The van der Waals surface area contributed by atoms with E-state index in [1.807, 2.05) is 12.1 Å². The number of carbonyl (C=O) groups is 4. The first-order valence-corrected chi connectivity index (χ1v) is 14.8. The first-order chi connectivity index (χ1) is 20.6. The fourth-order valence-corrected chi connectivity index (χ4v) is 5.81. The molecule has 3 amide bonds. The van der Waals surface area contributed by atoms with Gasteiger partial charge in [0.25, 0.3) is 0 Å². The number of Topliss-reactive ketones (excluding diaryl/α,β-unsaturated/α-hetero) is 1. The van der Waals surface area contributed by atoms with Crippen LogP contribution in [-0.4, -0.2) is 64.7 Å². The molecule has 5 rings (SSSR count). The molecule has 11 nitrogen and oxygen atoms in total. The molecule has 228 valence electrons. The van der Waals surface area contributed by atoms with E-state index in [1.165, 1.54) is 4.68 Å². The van der Waals surface area contributed by atoms with Crippen molar-refractivity contribution < 1.29 is 28.7 Å². The third-order valence-corrected chi connectivity index (χ3v) is 8.64. The second kappa shape index (κ2) is 12.5. The maximum atomic E-state index is 13.9. The lowest BCUT2D eigenvalue weighted by Crippen LogP contribution is -2.55. The van der Waals surface area contributed by atoms with Gasteiger partial charge in [0.05, 0.1) is 31.5 Å². The highest BCUT2D eigenvalue weighted by Crippen LogP contribution is 2.33. The summed E-state index contributed by atoms with van der Waals surface area (Å²) in [7, 11) is 1.57. The number of ketones is 1. The number of methoxy groups -OCH3 is 1. The van der Waals surface area contributed by atoms with Crippen molar-refractivity contribution >= 4 is 34.4 Å². The van der Waals surface area contributed by atoms with E-state index >= 15 is 0 Å². The minimum atomic E-state index is -0.974. The molecule has 43 heavy (non-hydrogen) atoms. The Morgan fingerprint density at radius 3 is 2.37 bits per heavy atom. The second-order valence-electron chi connectivity index (χ2n) is 11.8. The van der Waals surface area contributed by atoms with Crippen LogP contribution in [0.2, 0.25) is 0 Å². The Balaban J connectivity index is 1.38. The number of rotatable bonds is 13. The number of amides is 3. The van der Waals surface area contributed by atoms with Crippen LogP contribution in [0.25, 0.3) is 10.9 Å². The maximum absolute atomic E-state index is 13.9. The zero-order chi connectivity index (χ0) is 30.7. The minimum absolute atomic E-state index is 0.135. The smallest absolute Gasteiger partial charge is 0.248 e. The van der Waals surface area contributed by atoms with Crippen molar-refractivity contribution in [2.75, 3.05) is 13.7 Å². The number of primary amides is 1. The molecular formula is C32H39N5O6. The molecule has 0 bridgehead atoms. The zero-order valence-corrected chi connectivity index (χ0v) is 24.8. The second-order valence-corrected chi connectivity index (χ2v) is 11.8. The highest BCUT2D eigenvalue weighted by atomic mass is 16.6. The van der Waals surface area contributed by atoms with E-state index in [0.29, 0.717) is 35.8 Å². The third kappa shape index (κ3) is 6.88. The van der Waals surface area contributed by atoms with E-state index in [0.717, 1.165) is 36.6 Å². The molecule has 2 aromatic carbocycles. The Bertz CT molecular complexity index is 1510. The van der Waals surface area contributed by atoms with Gasteiger partial charge in [0.2, 0.25) is 17.7 Å². The summed E-state index contributed by atoms with van der Waals surface area (Å²) in [5.74, 6) is -0.593. The number of aromatic nitrogens is 2. The van der Waals surface area contributed by atoms with Crippen LogP contribution in [0.3, 0.4) is 0 Å². The molecule has 4 N–H and O–H groups in total. The average molecular weight is 590 g/mol. The first-order valence-electron chi connectivity index (χ1n) is 14.8. The molecule has 1 aliphatic heterocycles. The van der Waals surface area contributed by atoms with E-state index in [1.54, 1.807) is 57.5 Å². The Kier molecular flexibility index (Phi) is 8.82. The third-order valence-electron chi connectivity index (χ3n) is 8.64. The van der Waals surface area contributed by atoms with Crippen LogP contribution in [0, 0.1) is 5.92 Å². The number of carbonyl (C=O) groups excluding carboxylic acids is 4. The lowest BCUT2D eigenvalue weighted by molar-refractivity contribution is -0.133. The van der Waals surface area contributed by atoms with E-state index in [4.69, 9.17) is 15.2 Å². The van der Waals surface area contributed by atoms with Crippen molar-refractivity contribution in [1.82, 2.24) is 20.4 Å². The molecule has 2 aliphatic rings. The van der Waals surface area contributed by atoms with Gasteiger partial charge in [0, 0.05) is 17.4 Å². The van der Waals surface area contributed by atoms with Gasteiger partial charge in [-0.2, -0.15) is 5.10 Å². The van der Waals surface area contributed by atoms with Gasteiger partial charge in [0.15, 0.2) is 5.78 Å². The van der Waals surface area contributed by atoms with Crippen molar-refractivity contribution in [3.05, 3.63) is 59.8 Å². The number of hydrogen-bond donors (Lipinski definition) is 3. The minimum Gasteiger partial charge on any atom is -0.497 e. The molecule has 0 radical (unpaired) electrons. The molecule has 1 saturated carbocycles. The zero-order valence-electron chi connectivity index (χ0n) is 24.8. The van der Waals surface area contributed by atoms with E-state index in [-0.39, 0.29) is 12.2 Å². The largest absolute Gasteiger partial charge is 0.497 e. The van der Waals surface area contributed by atoms with Crippen molar-refractivity contribution in [3.8, 4) is 5.75 Å². The molecule has 4 atom stereocenters. The van der Waals surface area contributed by atoms with Crippen LogP contribution in [0.4, 0.5) is 0 Å². The number of hydrogen-bond acceptors (Lipinski definition) is 7. The van der Waals surface area contributed by atoms with Crippen LogP contribution < -0.4 is 21.1 Å². The summed E-state index contributed by atoms with van der Waals surface area (Å²) in [6, 6.07) is 9.66. The lowest BCUT2D eigenvalue weighted by Gasteiger charge is -2.26. The monoisotopic (exact) mass is 589 g/mol. The summed E-state index contributed by atoms with van der Waals surface area (Å²) < 4.78 is 12.2. The molecule has 0 unspecified atom stereocenters. The van der Waals surface area contributed by atoms with Gasteiger partial charge in [-0.15, -0.1) is 0 Å². The maximum Gasteiger partial charge on any atom is 0.248 e. The Hall–Kier alpha value is -4.25. The van der Waals surface area contributed by atoms with Gasteiger partial charge in [-0.1, -0.05) is 43.9 Å². The molecule has 1 aliphatic carbocycles. The predicted molar refractivity (Wildman–Crippen MR) is 159 cm³/mol. The summed E-state index contributed by atoms with van der Waals surface area (Å²) in [6.45, 7) is 3.75. The highest BCUT2D eigenvalue weighted by Gasteiger charge is 2.50. The molecular weight excluding hydrogens is 550 g/mol. The number of nitrogens with zero attached hydrogens (tertiary/aromatic N) is 2. The SMILES string of the molecule is COc1ccc(C[C@H](NC(=O)[C@@H](C)n2ncc3ccc(C(N)=O)cc32)C(=O)N[C@@H](CC2CCCC2)C(=O)[C@@]2(C)CO2)cc1. The standard InChI is InChI=1S/C32H39N5O6/c1-19(37-27-16-22(29(33)39)10-11-23(27)17-34-37)30(40)36-26(15-21-8-12-24(42-3)13-9-21)31(41)35-25(14-20-6-4-5-7-20)28(38)32(2)18-43-32/h8-13,16-17,19-20,25-26H,4-7,14-15,18H2,1-3H3,(H2,33,39)(H,35,41)(H,36,40)/t19-,25+,26+,32-/m1/s1. The van der Waals surface area contributed by atoms with Crippen LogP contribution in [0.5, 0.6) is 5.75 Å². The number of ether oxygens (including phenoxy) is 2. The van der Waals surface area contributed by atoms with Crippen molar-refractivity contribution in [2.24, 2.45) is 11.7 Å². The number of nitrogens with two attached hydrogens (primary N) is 1. The first kappa shape index (κ1) is 30.2. The van der Waals surface area contributed by atoms with Gasteiger partial charge in [-0.3, -0.25) is 23.9 Å². The van der Waals surface area contributed by atoms with Crippen molar-refractivity contribution in [3.63, 3.8) is 0 Å². The van der Waals surface area contributed by atoms with Gasteiger partial charge in [-0.25, -0.2) is 0 Å².